The minimum absolute atomic E-state index is 0.0220. The van der Waals surface area contributed by atoms with Crippen molar-refractivity contribution < 1.29 is 37.4 Å². The number of para-hydroxylation sites is 2. The van der Waals surface area contributed by atoms with Gasteiger partial charge in [-0.2, -0.15) is 13.2 Å². The molecule has 1 aliphatic rings. The lowest BCUT2D eigenvalue weighted by Gasteiger charge is -2.27. The number of likely N-dealkylation sites (N-methyl/N-ethyl adjacent to an activating group) is 1. The summed E-state index contributed by atoms with van der Waals surface area (Å²) in [7, 11) is 3.13. The van der Waals surface area contributed by atoms with E-state index in [-0.39, 0.29) is 18.7 Å². The predicted molar refractivity (Wildman–Crippen MR) is 175 cm³/mol. The third-order valence-electron chi connectivity index (χ3n) is 8.15. The van der Waals surface area contributed by atoms with Gasteiger partial charge in [0, 0.05) is 15.6 Å². The summed E-state index contributed by atoms with van der Waals surface area (Å²) in [5, 5.41) is 17.0. The van der Waals surface area contributed by atoms with Gasteiger partial charge in [0.25, 0.3) is 11.8 Å². The normalized spacial score (nSPS) is 16.3. The first-order valence-corrected chi connectivity index (χ1v) is 15.4. The Morgan fingerprint density at radius 1 is 1.04 bits per heavy atom. The van der Waals surface area contributed by atoms with Gasteiger partial charge in [0.2, 0.25) is 5.91 Å². The van der Waals surface area contributed by atoms with Crippen LogP contribution in [0.3, 0.4) is 0 Å². The van der Waals surface area contributed by atoms with Gasteiger partial charge in [-0.05, 0) is 72.8 Å². The zero-order chi connectivity index (χ0) is 34.0. The number of aliphatic hydroxyl groups is 1. The molecule has 4 aromatic carbocycles. The smallest absolute Gasteiger partial charge is 0.418 e. The van der Waals surface area contributed by atoms with Gasteiger partial charge >= 0.3 is 6.18 Å². The Balaban J connectivity index is 1.61. The van der Waals surface area contributed by atoms with Crippen molar-refractivity contribution in [2.75, 3.05) is 30.5 Å². The van der Waals surface area contributed by atoms with E-state index in [1.165, 1.54) is 29.0 Å². The van der Waals surface area contributed by atoms with Crippen molar-refractivity contribution in [3.8, 4) is 5.75 Å². The van der Waals surface area contributed by atoms with Crippen LogP contribution in [0.5, 0.6) is 5.75 Å². The quantitative estimate of drug-likeness (QED) is 0.223. The molecular weight excluding hydrogens is 681 g/mol. The van der Waals surface area contributed by atoms with E-state index >= 15 is 0 Å². The van der Waals surface area contributed by atoms with Crippen LogP contribution in [0.25, 0.3) is 10.8 Å². The molecule has 3 atom stereocenters. The molecule has 9 nitrogen and oxygen atoms in total. The molecule has 1 heterocycles. The zero-order valence-corrected chi connectivity index (χ0v) is 27.2. The number of amides is 3. The topological polar surface area (TPSA) is 111 Å². The second-order valence-electron chi connectivity index (χ2n) is 11.1. The third kappa shape index (κ3) is 6.97. The first-order valence-electron chi connectivity index (χ1n) is 14.6. The molecule has 3 N–H and O–H groups in total. The standard InChI is InChI=1S/C34H32BrF3N4O5/c1-19(39-2)31(44)40-26-18-42(32(45)21-10-8-20(9-11-21)30(43)34(36,37)38)28-7-5-4-6-27(28)41(33(26)46)17-25-24-14-13-23(35)16-22(24)12-15-29(25)47-3/h4-16,19,26,30,39,43H,17-18H2,1-3H3,(H,40,44). The van der Waals surface area contributed by atoms with Gasteiger partial charge in [-0.1, -0.05) is 52.3 Å². The average Bonchev–Trinajstić information content (AvgIpc) is 3.17. The van der Waals surface area contributed by atoms with E-state index in [4.69, 9.17) is 4.74 Å². The number of anilines is 2. The number of ether oxygens (including phenoxy) is 1. The highest BCUT2D eigenvalue weighted by Gasteiger charge is 2.40. The maximum atomic E-state index is 14.4. The zero-order valence-electron chi connectivity index (χ0n) is 25.6. The fraction of sp³-hybridized carbons (Fsp3) is 0.265. The highest BCUT2D eigenvalue weighted by atomic mass is 79.9. The predicted octanol–water partition coefficient (Wildman–Crippen LogP) is 5.49. The molecule has 1 aliphatic heterocycles. The molecule has 0 fully saturated rings. The summed E-state index contributed by atoms with van der Waals surface area (Å²) in [4.78, 5) is 44.4. The fourth-order valence-corrected chi connectivity index (χ4v) is 5.87. The van der Waals surface area contributed by atoms with Gasteiger partial charge in [-0.15, -0.1) is 0 Å². The summed E-state index contributed by atoms with van der Waals surface area (Å²) >= 11 is 3.50. The number of carbonyl (C=O) groups excluding carboxylic acids is 3. The average molecular weight is 714 g/mol. The van der Waals surface area contributed by atoms with Crippen LogP contribution in [0.15, 0.2) is 83.3 Å². The van der Waals surface area contributed by atoms with Gasteiger partial charge in [0.1, 0.15) is 11.8 Å². The maximum Gasteiger partial charge on any atom is 0.418 e. The van der Waals surface area contributed by atoms with Crippen molar-refractivity contribution in [1.82, 2.24) is 10.6 Å². The number of carbonyl (C=O) groups is 3. The van der Waals surface area contributed by atoms with Crippen LogP contribution in [-0.4, -0.2) is 61.8 Å². The Kier molecular flexibility index (Phi) is 9.89. The van der Waals surface area contributed by atoms with E-state index in [0.717, 1.165) is 27.4 Å². The highest BCUT2D eigenvalue weighted by Crippen LogP contribution is 2.38. The second-order valence-corrected chi connectivity index (χ2v) is 12.0. The summed E-state index contributed by atoms with van der Waals surface area (Å²) in [5.74, 6) is -1.03. The van der Waals surface area contributed by atoms with E-state index in [0.29, 0.717) is 22.7 Å². The lowest BCUT2D eigenvalue weighted by atomic mass is 10.0. The van der Waals surface area contributed by atoms with Crippen molar-refractivity contribution >= 4 is 55.8 Å². The number of rotatable bonds is 8. The number of hydrogen-bond acceptors (Lipinski definition) is 6. The molecule has 3 amide bonds. The number of methoxy groups -OCH3 is 1. The number of nitrogens with one attached hydrogen (secondary N) is 2. The Morgan fingerprint density at radius 3 is 2.36 bits per heavy atom. The van der Waals surface area contributed by atoms with Crippen LogP contribution >= 0.6 is 15.9 Å². The lowest BCUT2D eigenvalue weighted by molar-refractivity contribution is -0.206. The van der Waals surface area contributed by atoms with Crippen LogP contribution in [0, 0.1) is 0 Å². The van der Waals surface area contributed by atoms with E-state index in [1.807, 2.05) is 24.3 Å². The molecule has 0 bridgehead atoms. The number of aliphatic hydroxyl groups excluding tert-OH is 1. The molecule has 0 aliphatic carbocycles. The van der Waals surface area contributed by atoms with E-state index in [1.54, 1.807) is 44.3 Å². The molecule has 0 saturated heterocycles. The SMILES string of the molecule is CNC(C)C(=O)NC1CN(C(=O)c2ccc(C(O)C(F)(F)F)cc2)c2ccccc2N(Cc2c(OC)ccc3cc(Br)ccc23)C1=O. The molecule has 13 heteroatoms. The van der Waals surface area contributed by atoms with E-state index < -0.39 is 47.6 Å². The number of hydrogen-bond donors (Lipinski definition) is 3. The van der Waals surface area contributed by atoms with Crippen molar-refractivity contribution in [2.24, 2.45) is 0 Å². The molecule has 3 unspecified atom stereocenters. The third-order valence-corrected chi connectivity index (χ3v) is 8.64. The Labute approximate surface area is 277 Å². The monoisotopic (exact) mass is 712 g/mol. The fourth-order valence-electron chi connectivity index (χ4n) is 5.49. The summed E-state index contributed by atoms with van der Waals surface area (Å²) in [6, 6.07) is 18.8. The summed E-state index contributed by atoms with van der Waals surface area (Å²) in [6.07, 6.45) is -7.59. The number of fused-ring (bicyclic) bond motifs is 2. The van der Waals surface area contributed by atoms with Crippen LogP contribution < -0.4 is 25.2 Å². The molecule has 0 saturated carbocycles. The van der Waals surface area contributed by atoms with Crippen molar-refractivity contribution in [2.45, 2.75) is 37.8 Å². The van der Waals surface area contributed by atoms with E-state index in [2.05, 4.69) is 26.6 Å². The molecule has 47 heavy (non-hydrogen) atoms. The Bertz CT molecular complexity index is 1820. The summed E-state index contributed by atoms with van der Waals surface area (Å²) in [6.45, 7) is 1.39. The Morgan fingerprint density at radius 2 is 1.72 bits per heavy atom. The Hall–Kier alpha value is -4.46. The first kappa shape index (κ1) is 33.9. The van der Waals surface area contributed by atoms with Crippen molar-refractivity contribution in [1.29, 1.82) is 0 Å². The molecule has 5 rings (SSSR count). The first-order chi connectivity index (χ1) is 22.3. The second kappa shape index (κ2) is 13.7. The number of alkyl halides is 3. The van der Waals surface area contributed by atoms with E-state index in [9.17, 15) is 32.7 Å². The van der Waals surface area contributed by atoms with Gasteiger partial charge in [0.05, 0.1) is 37.6 Å². The summed E-state index contributed by atoms with van der Waals surface area (Å²) in [5.41, 5.74) is 1.03. The van der Waals surface area contributed by atoms with Crippen molar-refractivity contribution in [3.05, 3.63) is 100 Å². The van der Waals surface area contributed by atoms with Gasteiger partial charge in [0.15, 0.2) is 6.10 Å². The molecule has 0 radical (unpaired) electrons. The molecule has 4 aromatic rings. The molecule has 0 aromatic heterocycles. The maximum absolute atomic E-state index is 14.4. The lowest BCUT2D eigenvalue weighted by Crippen LogP contribution is -2.55. The van der Waals surface area contributed by atoms with Crippen molar-refractivity contribution in [3.63, 3.8) is 0 Å². The van der Waals surface area contributed by atoms with Gasteiger partial charge < -0.3 is 30.3 Å². The van der Waals surface area contributed by atoms with Crippen LogP contribution in [-0.2, 0) is 16.1 Å². The minimum Gasteiger partial charge on any atom is -0.496 e. The van der Waals surface area contributed by atoms with Crippen LogP contribution in [0.2, 0.25) is 0 Å². The largest absolute Gasteiger partial charge is 0.496 e. The van der Waals surface area contributed by atoms with Crippen LogP contribution in [0.1, 0.15) is 34.5 Å². The minimum atomic E-state index is -4.88. The molecular formula is C34H32BrF3N4O5. The number of halogens is 4. The van der Waals surface area contributed by atoms with Gasteiger partial charge in [-0.3, -0.25) is 14.4 Å². The number of nitrogens with zero attached hydrogens (tertiary/aromatic N) is 2. The molecule has 246 valence electrons. The van der Waals surface area contributed by atoms with Gasteiger partial charge in [-0.25, -0.2) is 0 Å². The number of benzene rings is 4. The highest BCUT2D eigenvalue weighted by molar-refractivity contribution is 9.10. The summed E-state index contributed by atoms with van der Waals surface area (Å²) < 4.78 is 45.9. The van der Waals surface area contributed by atoms with Crippen LogP contribution in [0.4, 0.5) is 24.5 Å². The molecule has 0 spiro atoms.